The van der Waals surface area contributed by atoms with Gasteiger partial charge < -0.3 is 5.32 Å². The molecule has 1 aliphatic heterocycles. The zero-order valence-electron chi connectivity index (χ0n) is 17.5. The van der Waals surface area contributed by atoms with Crippen molar-refractivity contribution in [3.63, 3.8) is 0 Å². The standard InChI is InChI=1S/C25H20Cl2N2O2S/c1-3-16-5-9-18(10-6-16)28-22-23(32-20-12-7-17(26)8-13-20)25(31)29(24(22)30)19-11-4-15(2)21(27)14-19/h4-14,28H,3H2,1-2H3. The number of amides is 2. The van der Waals surface area contributed by atoms with E-state index in [2.05, 4.69) is 12.2 Å². The smallest absolute Gasteiger partial charge is 0.283 e. The number of carbonyl (C=O) groups is 2. The molecule has 0 fully saturated rings. The van der Waals surface area contributed by atoms with Crippen molar-refractivity contribution in [1.29, 1.82) is 0 Å². The molecule has 0 aromatic heterocycles. The van der Waals surface area contributed by atoms with Gasteiger partial charge in [0.05, 0.1) is 5.69 Å². The minimum Gasteiger partial charge on any atom is -0.350 e. The minimum absolute atomic E-state index is 0.232. The Morgan fingerprint density at radius 2 is 1.59 bits per heavy atom. The molecule has 0 unspecified atom stereocenters. The van der Waals surface area contributed by atoms with Crippen LogP contribution < -0.4 is 10.2 Å². The van der Waals surface area contributed by atoms with Crippen LogP contribution in [-0.2, 0) is 16.0 Å². The molecule has 3 aromatic rings. The molecule has 4 rings (SSSR count). The first-order chi connectivity index (χ1) is 15.4. The monoisotopic (exact) mass is 482 g/mol. The van der Waals surface area contributed by atoms with Gasteiger partial charge in [0, 0.05) is 20.6 Å². The largest absolute Gasteiger partial charge is 0.350 e. The normalized spacial score (nSPS) is 13.8. The number of carbonyl (C=O) groups excluding carboxylic acids is 2. The highest BCUT2D eigenvalue weighted by Crippen LogP contribution is 2.39. The molecule has 1 heterocycles. The van der Waals surface area contributed by atoms with Gasteiger partial charge in [-0.25, -0.2) is 4.90 Å². The Morgan fingerprint density at radius 3 is 2.22 bits per heavy atom. The van der Waals surface area contributed by atoms with Crippen molar-refractivity contribution in [2.24, 2.45) is 0 Å². The van der Waals surface area contributed by atoms with Gasteiger partial charge in [0.1, 0.15) is 10.6 Å². The van der Waals surface area contributed by atoms with Crippen LogP contribution in [0.2, 0.25) is 10.0 Å². The Hall–Kier alpha value is -2.73. The highest BCUT2D eigenvalue weighted by Gasteiger charge is 2.40. The lowest BCUT2D eigenvalue weighted by atomic mass is 10.1. The van der Waals surface area contributed by atoms with Crippen LogP contribution in [0.15, 0.2) is 82.2 Å². The second-order valence-electron chi connectivity index (χ2n) is 7.31. The van der Waals surface area contributed by atoms with E-state index in [-0.39, 0.29) is 5.70 Å². The van der Waals surface area contributed by atoms with Gasteiger partial charge in [-0.15, -0.1) is 0 Å². The molecule has 2 amide bonds. The number of nitrogens with one attached hydrogen (secondary N) is 1. The third-order valence-corrected chi connectivity index (χ3v) is 6.87. The van der Waals surface area contributed by atoms with Gasteiger partial charge >= 0.3 is 0 Å². The third-order valence-electron chi connectivity index (χ3n) is 5.12. The first-order valence-corrected chi connectivity index (χ1v) is 11.6. The summed E-state index contributed by atoms with van der Waals surface area (Å²) in [6.45, 7) is 3.95. The van der Waals surface area contributed by atoms with E-state index in [9.17, 15) is 9.59 Å². The maximum atomic E-state index is 13.4. The fourth-order valence-electron chi connectivity index (χ4n) is 3.26. The Balaban J connectivity index is 1.73. The van der Waals surface area contributed by atoms with E-state index >= 15 is 0 Å². The van der Waals surface area contributed by atoms with Crippen LogP contribution in [0.1, 0.15) is 18.1 Å². The predicted octanol–water partition coefficient (Wildman–Crippen LogP) is 6.85. The average molecular weight is 483 g/mol. The number of hydrogen-bond acceptors (Lipinski definition) is 4. The first-order valence-electron chi connectivity index (χ1n) is 10.1. The molecule has 1 N–H and O–H groups in total. The van der Waals surface area contributed by atoms with Crippen LogP contribution in [0.4, 0.5) is 11.4 Å². The van der Waals surface area contributed by atoms with Crippen LogP contribution in [0.3, 0.4) is 0 Å². The molecule has 0 aliphatic carbocycles. The summed E-state index contributed by atoms with van der Waals surface area (Å²) in [6.07, 6.45) is 0.917. The molecular weight excluding hydrogens is 463 g/mol. The lowest BCUT2D eigenvalue weighted by Crippen LogP contribution is -2.32. The SMILES string of the molecule is CCc1ccc(NC2=C(Sc3ccc(Cl)cc3)C(=O)N(c3ccc(C)c(Cl)c3)C2=O)cc1. The number of aryl methyl sites for hydroxylation is 2. The number of rotatable bonds is 6. The van der Waals surface area contributed by atoms with Crippen molar-refractivity contribution >= 4 is 58.2 Å². The average Bonchev–Trinajstić information content (AvgIpc) is 3.01. The third kappa shape index (κ3) is 4.56. The van der Waals surface area contributed by atoms with Crippen molar-refractivity contribution in [3.8, 4) is 0 Å². The van der Waals surface area contributed by atoms with Crippen molar-refractivity contribution in [2.75, 3.05) is 10.2 Å². The van der Waals surface area contributed by atoms with Crippen LogP contribution in [-0.4, -0.2) is 11.8 Å². The number of thioether (sulfide) groups is 1. The number of benzene rings is 3. The van der Waals surface area contributed by atoms with Gasteiger partial charge in [-0.05, 0) is 73.0 Å². The maximum absolute atomic E-state index is 13.4. The van der Waals surface area contributed by atoms with Crippen molar-refractivity contribution < 1.29 is 9.59 Å². The van der Waals surface area contributed by atoms with Crippen LogP contribution >= 0.6 is 35.0 Å². The van der Waals surface area contributed by atoms with Crippen LogP contribution in [0.5, 0.6) is 0 Å². The molecule has 0 bridgehead atoms. The van der Waals surface area contributed by atoms with Gasteiger partial charge in [0.2, 0.25) is 0 Å². The Labute approximate surface area is 201 Å². The molecule has 0 saturated carbocycles. The van der Waals surface area contributed by atoms with E-state index in [0.717, 1.165) is 27.5 Å². The minimum atomic E-state index is -0.425. The molecule has 4 nitrogen and oxygen atoms in total. The van der Waals surface area contributed by atoms with E-state index < -0.39 is 11.8 Å². The zero-order valence-corrected chi connectivity index (χ0v) is 19.8. The molecule has 1 aliphatic rings. The number of hydrogen-bond donors (Lipinski definition) is 1. The molecular formula is C25H20Cl2N2O2S. The maximum Gasteiger partial charge on any atom is 0.283 e. The van der Waals surface area contributed by atoms with Gasteiger partial charge in [-0.3, -0.25) is 9.59 Å². The molecule has 32 heavy (non-hydrogen) atoms. The van der Waals surface area contributed by atoms with Crippen molar-refractivity contribution in [3.05, 3.63) is 98.5 Å². The quantitative estimate of drug-likeness (QED) is 0.390. The summed E-state index contributed by atoms with van der Waals surface area (Å²) >= 11 is 13.5. The number of anilines is 2. The number of nitrogens with zero attached hydrogens (tertiary/aromatic N) is 1. The topological polar surface area (TPSA) is 49.4 Å². The van der Waals surface area contributed by atoms with Crippen LogP contribution in [0, 0.1) is 6.92 Å². The van der Waals surface area contributed by atoms with Gasteiger partial charge in [-0.1, -0.05) is 60.1 Å². The summed E-state index contributed by atoms with van der Waals surface area (Å²) in [5.74, 6) is -0.825. The summed E-state index contributed by atoms with van der Waals surface area (Å²) in [5.41, 5.74) is 3.45. The number of halogens is 2. The second kappa shape index (κ2) is 9.41. The summed E-state index contributed by atoms with van der Waals surface area (Å²) in [7, 11) is 0. The van der Waals surface area contributed by atoms with Gasteiger partial charge in [-0.2, -0.15) is 0 Å². The van der Waals surface area contributed by atoms with E-state index in [1.165, 1.54) is 17.3 Å². The lowest BCUT2D eigenvalue weighted by Gasteiger charge is -2.16. The van der Waals surface area contributed by atoms with E-state index in [0.29, 0.717) is 20.6 Å². The predicted molar refractivity (Wildman–Crippen MR) is 132 cm³/mol. The number of imide groups is 1. The molecule has 0 atom stereocenters. The summed E-state index contributed by atoms with van der Waals surface area (Å²) in [5, 5.41) is 4.26. The Bertz CT molecular complexity index is 1220. The highest BCUT2D eigenvalue weighted by molar-refractivity contribution is 8.04. The summed E-state index contributed by atoms with van der Waals surface area (Å²) < 4.78 is 0. The summed E-state index contributed by atoms with van der Waals surface area (Å²) in [6, 6.07) is 20.1. The molecule has 3 aromatic carbocycles. The van der Waals surface area contributed by atoms with Crippen LogP contribution in [0.25, 0.3) is 0 Å². The Kier molecular flexibility index (Phi) is 6.60. The van der Waals surface area contributed by atoms with Gasteiger partial charge in [0.15, 0.2) is 0 Å². The molecule has 0 spiro atoms. The fraction of sp³-hybridized carbons (Fsp3) is 0.120. The van der Waals surface area contributed by atoms with E-state index in [1.54, 1.807) is 30.3 Å². The van der Waals surface area contributed by atoms with Crippen molar-refractivity contribution in [2.45, 2.75) is 25.2 Å². The lowest BCUT2D eigenvalue weighted by molar-refractivity contribution is -0.120. The zero-order chi connectivity index (χ0) is 22.8. The molecule has 162 valence electrons. The molecule has 0 radical (unpaired) electrons. The highest BCUT2D eigenvalue weighted by atomic mass is 35.5. The summed E-state index contributed by atoms with van der Waals surface area (Å²) in [4.78, 5) is 29.1. The molecule has 0 saturated heterocycles. The Morgan fingerprint density at radius 1 is 0.906 bits per heavy atom. The van der Waals surface area contributed by atoms with Crippen molar-refractivity contribution in [1.82, 2.24) is 0 Å². The fourth-order valence-corrected chi connectivity index (χ4v) is 4.49. The second-order valence-corrected chi connectivity index (χ2v) is 9.24. The first kappa shape index (κ1) is 22.5. The van der Waals surface area contributed by atoms with E-state index in [1.807, 2.05) is 43.3 Å². The molecule has 7 heteroatoms. The van der Waals surface area contributed by atoms with Gasteiger partial charge in [0.25, 0.3) is 11.8 Å². The van der Waals surface area contributed by atoms with E-state index in [4.69, 9.17) is 23.2 Å².